The van der Waals surface area contributed by atoms with Crippen LogP contribution in [0.25, 0.3) is 5.65 Å². The number of anilines is 1. The summed E-state index contributed by atoms with van der Waals surface area (Å²) in [6.07, 6.45) is 6.21. The van der Waals surface area contributed by atoms with E-state index in [-0.39, 0.29) is 11.9 Å². The molecule has 1 aliphatic heterocycles. The number of halogens is 1. The minimum Gasteiger partial charge on any atom is -0.353 e. The molecule has 3 heterocycles. The van der Waals surface area contributed by atoms with Crippen LogP contribution < -0.4 is 10.2 Å². The highest BCUT2D eigenvalue weighted by atomic mass is 79.9. The second-order valence-corrected chi connectivity index (χ2v) is 5.27. The SMILES string of the molecule is CCC1C(=O)NCCN1c1nc(Br)cn2ccnc12. The zero-order valence-corrected chi connectivity index (χ0v) is 12.1. The number of aromatic nitrogens is 3. The highest BCUT2D eigenvalue weighted by Gasteiger charge is 2.30. The number of carbonyl (C=O) groups excluding carboxylic acids is 1. The summed E-state index contributed by atoms with van der Waals surface area (Å²) in [6.45, 7) is 3.38. The van der Waals surface area contributed by atoms with E-state index in [2.05, 4.69) is 31.2 Å². The molecular formula is C12H14BrN5O. The van der Waals surface area contributed by atoms with Crippen molar-refractivity contribution in [1.29, 1.82) is 0 Å². The van der Waals surface area contributed by atoms with Crippen LogP contribution in [0.5, 0.6) is 0 Å². The van der Waals surface area contributed by atoms with Crippen molar-refractivity contribution >= 4 is 33.3 Å². The first-order chi connectivity index (χ1) is 9.20. The predicted molar refractivity (Wildman–Crippen MR) is 75.1 cm³/mol. The van der Waals surface area contributed by atoms with Crippen molar-refractivity contribution < 1.29 is 4.79 Å². The molecule has 0 spiro atoms. The molecule has 19 heavy (non-hydrogen) atoms. The third-order valence-electron chi connectivity index (χ3n) is 3.32. The molecule has 2 aromatic rings. The van der Waals surface area contributed by atoms with Crippen molar-refractivity contribution in [3.05, 3.63) is 23.2 Å². The number of piperazine rings is 1. The van der Waals surface area contributed by atoms with E-state index in [1.54, 1.807) is 6.20 Å². The Labute approximate surface area is 119 Å². The van der Waals surface area contributed by atoms with Gasteiger partial charge >= 0.3 is 0 Å². The Hall–Kier alpha value is -1.63. The number of fused-ring (bicyclic) bond motifs is 1. The molecule has 0 saturated carbocycles. The molecule has 0 bridgehead atoms. The Bertz CT molecular complexity index is 626. The second-order valence-electron chi connectivity index (χ2n) is 4.45. The van der Waals surface area contributed by atoms with Gasteiger partial charge in [-0.15, -0.1) is 0 Å². The minimum atomic E-state index is -0.184. The lowest BCUT2D eigenvalue weighted by atomic mass is 10.1. The van der Waals surface area contributed by atoms with Crippen LogP contribution in [0.2, 0.25) is 0 Å². The number of hydrogen-bond donors (Lipinski definition) is 1. The molecule has 2 aromatic heterocycles. The third-order valence-corrected chi connectivity index (χ3v) is 3.70. The summed E-state index contributed by atoms with van der Waals surface area (Å²) in [4.78, 5) is 22.8. The van der Waals surface area contributed by atoms with Gasteiger partial charge in [-0.05, 0) is 22.4 Å². The molecule has 6 nitrogen and oxygen atoms in total. The lowest BCUT2D eigenvalue weighted by Gasteiger charge is -2.35. The number of nitrogens with zero attached hydrogens (tertiary/aromatic N) is 4. The van der Waals surface area contributed by atoms with Gasteiger partial charge < -0.3 is 14.6 Å². The molecule has 1 N–H and O–H groups in total. The van der Waals surface area contributed by atoms with Crippen LogP contribution >= 0.6 is 15.9 Å². The maximum atomic E-state index is 11.9. The van der Waals surface area contributed by atoms with E-state index in [9.17, 15) is 4.79 Å². The zero-order valence-electron chi connectivity index (χ0n) is 10.5. The van der Waals surface area contributed by atoms with Gasteiger partial charge in [-0.3, -0.25) is 4.79 Å². The maximum absolute atomic E-state index is 11.9. The van der Waals surface area contributed by atoms with E-state index in [0.29, 0.717) is 6.54 Å². The summed E-state index contributed by atoms with van der Waals surface area (Å²) in [6, 6.07) is -0.184. The molecule has 0 radical (unpaired) electrons. The van der Waals surface area contributed by atoms with Gasteiger partial charge in [0.2, 0.25) is 5.91 Å². The standard InChI is InChI=1S/C12H14BrN5O/c1-2-8-12(19)15-4-6-18(8)11-10-14-3-5-17(10)7-9(13)16-11/h3,5,7-8H,2,4,6H2,1H3,(H,15,19). The van der Waals surface area contributed by atoms with E-state index in [4.69, 9.17) is 0 Å². The van der Waals surface area contributed by atoms with Crippen molar-refractivity contribution in [2.75, 3.05) is 18.0 Å². The lowest BCUT2D eigenvalue weighted by Crippen LogP contribution is -2.55. The van der Waals surface area contributed by atoms with E-state index >= 15 is 0 Å². The van der Waals surface area contributed by atoms with Crippen LogP contribution in [0.3, 0.4) is 0 Å². The van der Waals surface area contributed by atoms with Crippen LogP contribution in [0, 0.1) is 0 Å². The molecular weight excluding hydrogens is 310 g/mol. The quantitative estimate of drug-likeness (QED) is 0.902. The van der Waals surface area contributed by atoms with Crippen LogP contribution in [0.15, 0.2) is 23.2 Å². The average molecular weight is 324 g/mol. The fourth-order valence-electron chi connectivity index (χ4n) is 2.45. The topological polar surface area (TPSA) is 62.5 Å². The zero-order chi connectivity index (χ0) is 13.4. The summed E-state index contributed by atoms with van der Waals surface area (Å²) in [5.74, 6) is 0.807. The molecule has 100 valence electrons. The minimum absolute atomic E-state index is 0.0558. The van der Waals surface area contributed by atoms with Gasteiger partial charge in [0.05, 0.1) is 0 Å². The molecule has 1 atom stereocenters. The van der Waals surface area contributed by atoms with Crippen LogP contribution in [0.4, 0.5) is 5.82 Å². The maximum Gasteiger partial charge on any atom is 0.242 e. The van der Waals surface area contributed by atoms with E-state index in [0.717, 1.165) is 29.0 Å². The molecule has 1 fully saturated rings. The molecule has 1 unspecified atom stereocenters. The second kappa shape index (κ2) is 4.80. The normalized spacial score (nSPS) is 19.8. The number of rotatable bonds is 2. The highest BCUT2D eigenvalue weighted by Crippen LogP contribution is 2.24. The van der Waals surface area contributed by atoms with E-state index in [1.165, 1.54) is 0 Å². The molecule has 0 aliphatic carbocycles. The van der Waals surface area contributed by atoms with Gasteiger partial charge in [-0.1, -0.05) is 6.92 Å². The number of amides is 1. The average Bonchev–Trinajstić information content (AvgIpc) is 2.85. The molecule has 1 aliphatic rings. The third kappa shape index (κ3) is 2.07. The smallest absolute Gasteiger partial charge is 0.242 e. The van der Waals surface area contributed by atoms with Crippen molar-refractivity contribution in [1.82, 2.24) is 19.7 Å². The first kappa shape index (κ1) is 12.4. The van der Waals surface area contributed by atoms with Gasteiger partial charge in [0.25, 0.3) is 0 Å². The summed E-state index contributed by atoms with van der Waals surface area (Å²) < 4.78 is 2.64. The van der Waals surface area contributed by atoms with Crippen LogP contribution in [-0.4, -0.2) is 39.4 Å². The first-order valence-corrected chi connectivity index (χ1v) is 7.03. The summed E-state index contributed by atoms with van der Waals surface area (Å²) in [5.41, 5.74) is 0.774. The van der Waals surface area contributed by atoms with Crippen LogP contribution in [0.1, 0.15) is 13.3 Å². The van der Waals surface area contributed by atoms with Gasteiger partial charge in [0.1, 0.15) is 10.6 Å². The van der Waals surface area contributed by atoms with Gasteiger partial charge in [0, 0.05) is 31.7 Å². The Morgan fingerprint density at radius 2 is 2.42 bits per heavy atom. The molecule has 1 amide bonds. The van der Waals surface area contributed by atoms with E-state index in [1.807, 2.05) is 28.6 Å². The number of hydrogen-bond acceptors (Lipinski definition) is 4. The lowest BCUT2D eigenvalue weighted by molar-refractivity contribution is -0.123. The highest BCUT2D eigenvalue weighted by molar-refractivity contribution is 9.10. The summed E-state index contributed by atoms with van der Waals surface area (Å²) in [7, 11) is 0. The Balaban J connectivity index is 2.11. The molecule has 1 saturated heterocycles. The Kier molecular flexibility index (Phi) is 3.14. The largest absolute Gasteiger partial charge is 0.353 e. The predicted octanol–water partition coefficient (Wildman–Crippen LogP) is 1.21. The van der Waals surface area contributed by atoms with Crippen molar-refractivity contribution in [3.63, 3.8) is 0 Å². The van der Waals surface area contributed by atoms with Crippen molar-refractivity contribution in [2.45, 2.75) is 19.4 Å². The van der Waals surface area contributed by atoms with Crippen molar-refractivity contribution in [2.24, 2.45) is 0 Å². The van der Waals surface area contributed by atoms with Crippen LogP contribution in [-0.2, 0) is 4.79 Å². The van der Waals surface area contributed by atoms with E-state index < -0.39 is 0 Å². The Morgan fingerprint density at radius 3 is 3.21 bits per heavy atom. The van der Waals surface area contributed by atoms with Gasteiger partial charge in [-0.2, -0.15) is 0 Å². The number of nitrogens with one attached hydrogen (secondary N) is 1. The summed E-state index contributed by atoms with van der Waals surface area (Å²) in [5, 5.41) is 2.89. The summed E-state index contributed by atoms with van der Waals surface area (Å²) >= 11 is 3.40. The van der Waals surface area contributed by atoms with Gasteiger partial charge in [-0.25, -0.2) is 9.97 Å². The fourth-order valence-corrected chi connectivity index (χ4v) is 2.84. The Morgan fingerprint density at radius 1 is 1.58 bits per heavy atom. The monoisotopic (exact) mass is 323 g/mol. The number of carbonyl (C=O) groups is 1. The molecule has 3 rings (SSSR count). The first-order valence-electron chi connectivity index (χ1n) is 6.24. The fraction of sp³-hybridized carbons (Fsp3) is 0.417. The van der Waals surface area contributed by atoms with Gasteiger partial charge in [0.15, 0.2) is 11.5 Å². The van der Waals surface area contributed by atoms with Crippen molar-refractivity contribution in [3.8, 4) is 0 Å². The molecule has 0 aromatic carbocycles. The number of imidazole rings is 1. The molecule has 7 heteroatoms.